The minimum Gasteiger partial charge on any atom is -0.508 e. The second-order valence-corrected chi connectivity index (χ2v) is 8.53. The van der Waals surface area contributed by atoms with E-state index in [9.17, 15) is 15.0 Å². The molecule has 0 spiro atoms. The average Bonchev–Trinajstić information content (AvgIpc) is 2.57. The number of rotatable bonds is 3. The molecule has 1 saturated carbocycles. The van der Waals surface area contributed by atoms with E-state index < -0.39 is 5.41 Å². The molecule has 0 aliphatic heterocycles. The lowest BCUT2D eigenvalue weighted by Gasteiger charge is -2.54. The Morgan fingerprint density at radius 2 is 2.00 bits per heavy atom. The van der Waals surface area contributed by atoms with Gasteiger partial charge in [-0.05, 0) is 37.2 Å². The number of hydrogen-bond donors (Lipinski definition) is 2. The molecule has 0 aromatic heterocycles. The van der Waals surface area contributed by atoms with Crippen molar-refractivity contribution in [2.24, 2.45) is 11.3 Å². The number of benzene rings is 1. The molecule has 4 nitrogen and oxygen atoms in total. The normalized spacial score (nSPS) is 31.6. The number of ether oxygens (including phenoxy) is 1. The van der Waals surface area contributed by atoms with E-state index in [2.05, 4.69) is 20.8 Å². The SMILES string of the molecule is COc1c(C(C)C)cc(O)c2c1CC[C@@H]1[C@@](C)(CO)C(=O)CC[C@]21C. The second-order valence-electron chi connectivity index (χ2n) is 8.53. The summed E-state index contributed by atoms with van der Waals surface area (Å²) < 4.78 is 5.76. The zero-order chi connectivity index (χ0) is 18.6. The third-order valence-corrected chi connectivity index (χ3v) is 6.84. The lowest BCUT2D eigenvalue weighted by atomic mass is 9.49. The van der Waals surface area contributed by atoms with Gasteiger partial charge in [0.25, 0.3) is 0 Å². The Kier molecular flexibility index (Phi) is 4.39. The molecule has 2 aliphatic carbocycles. The van der Waals surface area contributed by atoms with Crippen LogP contribution in [-0.4, -0.2) is 29.7 Å². The van der Waals surface area contributed by atoms with Gasteiger partial charge in [-0.1, -0.05) is 27.7 Å². The third kappa shape index (κ3) is 2.41. The maximum Gasteiger partial charge on any atom is 0.141 e. The Hall–Kier alpha value is -1.55. The molecule has 138 valence electrons. The fourth-order valence-corrected chi connectivity index (χ4v) is 5.43. The van der Waals surface area contributed by atoms with Gasteiger partial charge in [0.1, 0.15) is 17.3 Å². The molecule has 0 bridgehead atoms. The van der Waals surface area contributed by atoms with Gasteiger partial charge in [-0.3, -0.25) is 4.79 Å². The molecule has 2 aliphatic rings. The largest absolute Gasteiger partial charge is 0.508 e. The van der Waals surface area contributed by atoms with Crippen LogP contribution in [0.1, 0.15) is 69.6 Å². The van der Waals surface area contributed by atoms with Crippen LogP contribution in [0.15, 0.2) is 6.07 Å². The number of aliphatic hydroxyl groups is 1. The number of phenolic OH excluding ortho intramolecular Hbond substituents is 1. The summed E-state index contributed by atoms with van der Waals surface area (Å²) in [5, 5.41) is 20.9. The maximum absolute atomic E-state index is 12.6. The van der Waals surface area contributed by atoms with E-state index >= 15 is 0 Å². The summed E-state index contributed by atoms with van der Waals surface area (Å²) in [5.74, 6) is 1.61. The van der Waals surface area contributed by atoms with Gasteiger partial charge in [-0.15, -0.1) is 0 Å². The highest BCUT2D eigenvalue weighted by Crippen LogP contribution is 2.59. The highest BCUT2D eigenvalue weighted by atomic mass is 16.5. The molecule has 1 aromatic rings. The maximum atomic E-state index is 12.6. The van der Waals surface area contributed by atoms with Crippen molar-refractivity contribution in [3.63, 3.8) is 0 Å². The van der Waals surface area contributed by atoms with Gasteiger partial charge >= 0.3 is 0 Å². The van der Waals surface area contributed by atoms with Crippen molar-refractivity contribution in [2.75, 3.05) is 13.7 Å². The van der Waals surface area contributed by atoms with Gasteiger partial charge in [0.2, 0.25) is 0 Å². The van der Waals surface area contributed by atoms with Crippen LogP contribution < -0.4 is 4.74 Å². The number of methoxy groups -OCH3 is 1. The van der Waals surface area contributed by atoms with E-state index in [-0.39, 0.29) is 29.6 Å². The van der Waals surface area contributed by atoms with Crippen LogP contribution in [0.4, 0.5) is 0 Å². The summed E-state index contributed by atoms with van der Waals surface area (Å²) >= 11 is 0. The molecule has 0 amide bonds. The van der Waals surface area contributed by atoms with E-state index in [1.54, 1.807) is 7.11 Å². The van der Waals surface area contributed by atoms with Crippen molar-refractivity contribution in [1.82, 2.24) is 0 Å². The quantitative estimate of drug-likeness (QED) is 0.876. The molecular weight excluding hydrogens is 316 g/mol. The van der Waals surface area contributed by atoms with Gasteiger partial charge in [-0.2, -0.15) is 0 Å². The van der Waals surface area contributed by atoms with Crippen molar-refractivity contribution in [1.29, 1.82) is 0 Å². The lowest BCUT2D eigenvalue weighted by molar-refractivity contribution is -0.142. The predicted molar refractivity (Wildman–Crippen MR) is 97.3 cm³/mol. The Bertz CT molecular complexity index is 708. The Morgan fingerprint density at radius 3 is 2.56 bits per heavy atom. The summed E-state index contributed by atoms with van der Waals surface area (Å²) in [6, 6.07) is 1.84. The Labute approximate surface area is 150 Å². The molecule has 1 fully saturated rings. The highest BCUT2D eigenvalue weighted by Gasteiger charge is 2.56. The molecule has 25 heavy (non-hydrogen) atoms. The topological polar surface area (TPSA) is 66.8 Å². The van der Waals surface area contributed by atoms with Crippen LogP contribution in [0.3, 0.4) is 0 Å². The predicted octanol–water partition coefficient (Wildman–Crippen LogP) is 3.71. The second kappa shape index (κ2) is 6.01. The summed E-state index contributed by atoms with van der Waals surface area (Å²) in [4.78, 5) is 12.6. The third-order valence-electron chi connectivity index (χ3n) is 6.84. The standard InChI is InChI=1S/C21H30O4/c1-12(2)14-10-15(23)18-13(19(14)25-5)6-7-16-20(18,3)9-8-17(24)21(16,4)11-22/h10,12,16,22-23H,6-9,11H2,1-5H3/t16-,20-,21+/m0/s1. The van der Waals surface area contributed by atoms with Crippen LogP contribution >= 0.6 is 0 Å². The van der Waals surface area contributed by atoms with Crippen LogP contribution in [0.25, 0.3) is 0 Å². The number of carbonyl (C=O) groups is 1. The first-order chi connectivity index (χ1) is 11.7. The minimum absolute atomic E-state index is 0.0271. The molecule has 0 radical (unpaired) electrons. The smallest absolute Gasteiger partial charge is 0.141 e. The molecule has 4 heteroatoms. The van der Waals surface area contributed by atoms with Crippen molar-refractivity contribution >= 4 is 5.78 Å². The molecule has 3 atom stereocenters. The van der Waals surface area contributed by atoms with Crippen LogP contribution in [0.5, 0.6) is 11.5 Å². The molecule has 0 heterocycles. The first-order valence-electron chi connectivity index (χ1n) is 9.28. The van der Waals surface area contributed by atoms with Gasteiger partial charge < -0.3 is 14.9 Å². The first kappa shape index (κ1) is 18.2. The van der Waals surface area contributed by atoms with Crippen LogP contribution in [-0.2, 0) is 16.6 Å². The van der Waals surface area contributed by atoms with Gasteiger partial charge in [0.15, 0.2) is 0 Å². The Balaban J connectivity index is 2.24. The summed E-state index contributed by atoms with van der Waals surface area (Å²) in [6.07, 6.45) is 2.73. The summed E-state index contributed by atoms with van der Waals surface area (Å²) in [7, 11) is 1.69. The fourth-order valence-electron chi connectivity index (χ4n) is 5.43. The molecule has 0 unspecified atom stereocenters. The van der Waals surface area contributed by atoms with Crippen molar-refractivity contribution < 1.29 is 19.7 Å². The van der Waals surface area contributed by atoms with E-state index in [1.165, 1.54) is 0 Å². The number of carbonyl (C=O) groups excluding carboxylic acids is 1. The van der Waals surface area contributed by atoms with E-state index in [0.29, 0.717) is 18.6 Å². The number of ketones is 1. The lowest BCUT2D eigenvalue weighted by Crippen LogP contribution is -2.55. The molecule has 1 aromatic carbocycles. The zero-order valence-corrected chi connectivity index (χ0v) is 16.0. The Morgan fingerprint density at radius 1 is 1.32 bits per heavy atom. The van der Waals surface area contributed by atoms with Crippen LogP contribution in [0, 0.1) is 11.3 Å². The number of hydrogen-bond acceptors (Lipinski definition) is 4. The molecular formula is C21H30O4. The summed E-state index contributed by atoms with van der Waals surface area (Å²) in [5.41, 5.74) is 1.97. The zero-order valence-electron chi connectivity index (χ0n) is 16.0. The number of phenols is 1. The summed E-state index contributed by atoms with van der Waals surface area (Å²) in [6.45, 7) is 8.09. The highest BCUT2D eigenvalue weighted by molar-refractivity contribution is 5.86. The van der Waals surface area contributed by atoms with Gasteiger partial charge in [0.05, 0.1) is 19.1 Å². The fraction of sp³-hybridized carbons (Fsp3) is 0.667. The minimum atomic E-state index is -0.735. The number of aromatic hydroxyl groups is 1. The monoisotopic (exact) mass is 346 g/mol. The van der Waals surface area contributed by atoms with E-state index in [1.807, 2.05) is 13.0 Å². The molecule has 2 N–H and O–H groups in total. The molecule has 3 rings (SSSR count). The number of fused-ring (bicyclic) bond motifs is 3. The van der Waals surface area contributed by atoms with E-state index in [0.717, 1.165) is 35.3 Å². The van der Waals surface area contributed by atoms with E-state index in [4.69, 9.17) is 4.74 Å². The van der Waals surface area contributed by atoms with Crippen molar-refractivity contribution in [3.05, 3.63) is 22.8 Å². The first-order valence-corrected chi connectivity index (χ1v) is 9.28. The van der Waals surface area contributed by atoms with Gasteiger partial charge in [0, 0.05) is 28.5 Å². The van der Waals surface area contributed by atoms with Crippen molar-refractivity contribution in [3.8, 4) is 11.5 Å². The van der Waals surface area contributed by atoms with Crippen LogP contribution in [0.2, 0.25) is 0 Å². The van der Waals surface area contributed by atoms with Crippen molar-refractivity contribution in [2.45, 2.75) is 64.7 Å². The molecule has 0 saturated heterocycles. The average molecular weight is 346 g/mol. The van der Waals surface area contributed by atoms with Gasteiger partial charge in [-0.25, -0.2) is 0 Å². The number of Topliss-reactive ketones (excluding diaryl/α,β-unsaturated/α-hetero) is 1. The number of aliphatic hydroxyl groups excluding tert-OH is 1.